The molecule has 1 aromatic carbocycles. The zero-order valence-corrected chi connectivity index (χ0v) is 12.6. The van der Waals surface area contributed by atoms with Gasteiger partial charge in [-0.3, -0.25) is 4.79 Å². The molecule has 0 aliphatic heterocycles. The summed E-state index contributed by atoms with van der Waals surface area (Å²) >= 11 is 3.33. The molecule has 1 saturated carbocycles. The maximum atomic E-state index is 12.2. The summed E-state index contributed by atoms with van der Waals surface area (Å²) in [5.41, 5.74) is 6.97. The fraction of sp³-hybridized carbons (Fsp3) is 0.500. The van der Waals surface area contributed by atoms with Gasteiger partial charge in [-0.2, -0.15) is 0 Å². The van der Waals surface area contributed by atoms with Crippen molar-refractivity contribution in [1.82, 2.24) is 4.90 Å². The number of nitrogens with zero attached hydrogens (tertiary/aromatic N) is 1. The van der Waals surface area contributed by atoms with E-state index in [4.69, 9.17) is 10.5 Å². The number of halogens is 1. The van der Waals surface area contributed by atoms with Crippen molar-refractivity contribution in [1.29, 1.82) is 0 Å². The first-order valence-electron chi connectivity index (χ1n) is 6.46. The molecule has 0 spiro atoms. The molecule has 1 amide bonds. The van der Waals surface area contributed by atoms with E-state index in [1.165, 1.54) is 12.8 Å². The summed E-state index contributed by atoms with van der Waals surface area (Å²) in [5, 5.41) is 0. The van der Waals surface area contributed by atoms with Crippen LogP contribution in [0.25, 0.3) is 0 Å². The third kappa shape index (κ3) is 4.21. The molecule has 1 fully saturated rings. The van der Waals surface area contributed by atoms with Gasteiger partial charge in [0.25, 0.3) is 5.91 Å². The maximum absolute atomic E-state index is 12.2. The Kier molecular flexibility index (Phi) is 4.82. The quantitative estimate of drug-likeness (QED) is 0.645. The molecule has 2 N–H and O–H groups in total. The van der Waals surface area contributed by atoms with Crippen LogP contribution in [0, 0.1) is 5.92 Å². The second-order valence-corrected chi connectivity index (χ2v) is 5.84. The van der Waals surface area contributed by atoms with Gasteiger partial charge in [0.2, 0.25) is 0 Å². The van der Waals surface area contributed by atoms with Gasteiger partial charge in [0.05, 0.1) is 6.61 Å². The molecule has 0 heterocycles. The smallest absolute Gasteiger partial charge is 0.253 e. The summed E-state index contributed by atoms with van der Waals surface area (Å²) in [6.45, 7) is 2.03. The topological polar surface area (TPSA) is 55.6 Å². The fourth-order valence-corrected chi connectivity index (χ4v) is 2.10. The number of hydrogen-bond donors (Lipinski definition) is 1. The number of rotatable bonds is 6. The Morgan fingerprint density at radius 3 is 2.89 bits per heavy atom. The lowest BCUT2D eigenvalue weighted by atomic mass is 10.2. The van der Waals surface area contributed by atoms with Gasteiger partial charge in [0, 0.05) is 35.9 Å². The third-order valence-electron chi connectivity index (χ3n) is 3.22. The second-order valence-electron chi connectivity index (χ2n) is 4.98. The molecule has 1 aliphatic rings. The number of benzene rings is 1. The van der Waals surface area contributed by atoms with Crippen molar-refractivity contribution >= 4 is 27.5 Å². The van der Waals surface area contributed by atoms with Crippen molar-refractivity contribution in [3.8, 4) is 0 Å². The number of carbonyl (C=O) groups is 1. The van der Waals surface area contributed by atoms with Crippen molar-refractivity contribution < 1.29 is 9.53 Å². The molecular formula is C14H19BrN2O2. The number of likely N-dealkylation sites (N-methyl/N-ethyl adjacent to an activating group) is 1. The molecular weight excluding hydrogens is 308 g/mol. The van der Waals surface area contributed by atoms with E-state index in [0.717, 1.165) is 17.0 Å². The molecule has 0 aromatic heterocycles. The Labute approximate surface area is 122 Å². The first-order chi connectivity index (χ1) is 9.08. The van der Waals surface area contributed by atoms with Crippen molar-refractivity contribution in [3.63, 3.8) is 0 Å². The van der Waals surface area contributed by atoms with Gasteiger partial charge in [0.1, 0.15) is 0 Å². The minimum Gasteiger partial charge on any atom is -0.398 e. The van der Waals surface area contributed by atoms with Gasteiger partial charge in [0.15, 0.2) is 0 Å². The van der Waals surface area contributed by atoms with Crippen LogP contribution >= 0.6 is 15.9 Å². The molecule has 1 aliphatic carbocycles. The molecule has 0 atom stereocenters. The standard InChI is InChI=1S/C14H19BrN2O2/c1-17(6-7-19-9-10-2-3-10)14(18)11-4-5-13(16)12(15)8-11/h4-5,8,10H,2-3,6-7,9,16H2,1H3. The summed E-state index contributed by atoms with van der Waals surface area (Å²) in [6.07, 6.45) is 2.57. The molecule has 0 saturated heterocycles. The normalized spacial score (nSPS) is 14.4. The van der Waals surface area contributed by atoms with E-state index in [2.05, 4.69) is 15.9 Å². The predicted octanol–water partition coefficient (Wildman–Crippen LogP) is 2.53. The SMILES string of the molecule is CN(CCOCC1CC1)C(=O)c1ccc(N)c(Br)c1. The Balaban J connectivity index is 1.81. The van der Waals surface area contributed by atoms with E-state index < -0.39 is 0 Å². The van der Waals surface area contributed by atoms with Gasteiger partial charge in [-0.05, 0) is 52.9 Å². The summed E-state index contributed by atoms with van der Waals surface area (Å²) in [4.78, 5) is 13.8. The van der Waals surface area contributed by atoms with Crippen molar-refractivity contribution in [3.05, 3.63) is 28.2 Å². The molecule has 0 unspecified atom stereocenters. The van der Waals surface area contributed by atoms with Gasteiger partial charge in [-0.25, -0.2) is 0 Å². The number of nitrogens with two attached hydrogens (primary N) is 1. The Bertz CT molecular complexity index is 461. The Morgan fingerprint density at radius 1 is 1.53 bits per heavy atom. The molecule has 19 heavy (non-hydrogen) atoms. The van der Waals surface area contributed by atoms with Crippen LogP contribution in [0.15, 0.2) is 22.7 Å². The highest BCUT2D eigenvalue weighted by Gasteiger charge is 2.21. The minimum absolute atomic E-state index is 0.0179. The fourth-order valence-electron chi connectivity index (χ4n) is 1.72. The minimum atomic E-state index is -0.0179. The monoisotopic (exact) mass is 326 g/mol. The van der Waals surface area contributed by atoms with Gasteiger partial charge in [-0.1, -0.05) is 0 Å². The second kappa shape index (κ2) is 6.39. The predicted molar refractivity (Wildman–Crippen MR) is 79.1 cm³/mol. The van der Waals surface area contributed by atoms with E-state index in [1.807, 2.05) is 0 Å². The summed E-state index contributed by atoms with van der Waals surface area (Å²) in [7, 11) is 1.78. The molecule has 4 nitrogen and oxygen atoms in total. The first-order valence-corrected chi connectivity index (χ1v) is 7.25. The van der Waals surface area contributed by atoms with Gasteiger partial charge in [-0.15, -0.1) is 0 Å². The lowest BCUT2D eigenvalue weighted by Crippen LogP contribution is -2.30. The highest BCUT2D eigenvalue weighted by molar-refractivity contribution is 9.10. The van der Waals surface area contributed by atoms with Crippen LogP contribution < -0.4 is 5.73 Å². The number of anilines is 1. The van der Waals surface area contributed by atoms with E-state index in [1.54, 1.807) is 30.1 Å². The van der Waals surface area contributed by atoms with Crippen LogP contribution in [0.1, 0.15) is 23.2 Å². The molecule has 104 valence electrons. The van der Waals surface area contributed by atoms with Gasteiger partial charge < -0.3 is 15.4 Å². The van der Waals surface area contributed by atoms with E-state index in [-0.39, 0.29) is 5.91 Å². The van der Waals surface area contributed by atoms with Crippen LogP contribution in [-0.2, 0) is 4.74 Å². The van der Waals surface area contributed by atoms with Crippen molar-refractivity contribution in [2.75, 3.05) is 32.5 Å². The number of carbonyl (C=O) groups excluding carboxylic acids is 1. The molecule has 0 radical (unpaired) electrons. The molecule has 1 aromatic rings. The van der Waals surface area contributed by atoms with Crippen LogP contribution in [-0.4, -0.2) is 37.6 Å². The van der Waals surface area contributed by atoms with E-state index in [0.29, 0.717) is 24.4 Å². The van der Waals surface area contributed by atoms with Crippen LogP contribution in [0.3, 0.4) is 0 Å². The lowest BCUT2D eigenvalue weighted by molar-refractivity contribution is 0.0681. The number of nitrogen functional groups attached to an aromatic ring is 1. The summed E-state index contributed by atoms with van der Waals surface area (Å²) in [6, 6.07) is 5.22. The number of amides is 1. The van der Waals surface area contributed by atoms with Crippen LogP contribution in [0.4, 0.5) is 5.69 Å². The average Bonchev–Trinajstić information content (AvgIpc) is 3.21. The molecule has 2 rings (SSSR count). The molecule has 5 heteroatoms. The Morgan fingerprint density at radius 2 is 2.26 bits per heavy atom. The van der Waals surface area contributed by atoms with Gasteiger partial charge >= 0.3 is 0 Å². The largest absolute Gasteiger partial charge is 0.398 e. The Hall–Kier alpha value is -1.07. The highest BCUT2D eigenvalue weighted by atomic mass is 79.9. The highest BCUT2D eigenvalue weighted by Crippen LogP contribution is 2.28. The average molecular weight is 327 g/mol. The zero-order chi connectivity index (χ0) is 13.8. The van der Waals surface area contributed by atoms with Crippen LogP contribution in [0.5, 0.6) is 0 Å². The van der Waals surface area contributed by atoms with Crippen molar-refractivity contribution in [2.45, 2.75) is 12.8 Å². The van der Waals surface area contributed by atoms with Crippen molar-refractivity contribution in [2.24, 2.45) is 5.92 Å². The first kappa shape index (κ1) is 14.3. The molecule has 0 bridgehead atoms. The number of hydrogen-bond acceptors (Lipinski definition) is 3. The van der Waals surface area contributed by atoms with E-state index >= 15 is 0 Å². The van der Waals surface area contributed by atoms with Crippen LogP contribution in [0.2, 0.25) is 0 Å². The third-order valence-corrected chi connectivity index (χ3v) is 3.90. The number of ether oxygens (including phenoxy) is 1. The zero-order valence-electron chi connectivity index (χ0n) is 11.1. The summed E-state index contributed by atoms with van der Waals surface area (Å²) < 4.78 is 6.28. The lowest BCUT2D eigenvalue weighted by Gasteiger charge is -2.17. The maximum Gasteiger partial charge on any atom is 0.253 e. The summed E-state index contributed by atoms with van der Waals surface area (Å²) in [5.74, 6) is 0.741. The van der Waals surface area contributed by atoms with E-state index in [9.17, 15) is 4.79 Å².